The van der Waals surface area contributed by atoms with Gasteiger partial charge in [-0.15, -0.1) is 0 Å². The Morgan fingerprint density at radius 3 is 3.06 bits per heavy atom. The van der Waals surface area contributed by atoms with Crippen molar-refractivity contribution >= 4 is 0 Å². The molecule has 0 fully saturated rings. The van der Waals surface area contributed by atoms with Gasteiger partial charge in [0.05, 0.1) is 13.7 Å². The molecule has 0 bridgehead atoms. The van der Waals surface area contributed by atoms with E-state index in [9.17, 15) is 0 Å². The third-order valence-electron chi connectivity index (χ3n) is 3.17. The quantitative estimate of drug-likeness (QED) is 0.786. The van der Waals surface area contributed by atoms with Crippen molar-refractivity contribution in [2.45, 2.75) is 18.9 Å². The fourth-order valence-corrected chi connectivity index (χ4v) is 2.20. The molecule has 1 aliphatic rings. The van der Waals surface area contributed by atoms with Gasteiger partial charge in [-0.2, -0.15) is 0 Å². The van der Waals surface area contributed by atoms with Gasteiger partial charge in [0.25, 0.3) is 0 Å². The Morgan fingerprint density at radius 1 is 1.39 bits per heavy atom. The Bertz CT molecular complexity index is 381. The minimum atomic E-state index is 0.348. The molecule has 0 radical (unpaired) electrons. The Hall–Kier alpha value is -1.26. The number of rotatable bonds is 6. The summed E-state index contributed by atoms with van der Waals surface area (Å²) in [5, 5.41) is 3.55. The molecule has 1 unspecified atom stereocenters. The van der Waals surface area contributed by atoms with E-state index in [1.54, 1.807) is 14.2 Å². The molecular weight excluding hydrogens is 230 g/mol. The van der Waals surface area contributed by atoms with Gasteiger partial charge in [-0.25, -0.2) is 0 Å². The lowest BCUT2D eigenvalue weighted by Gasteiger charge is -2.27. The van der Waals surface area contributed by atoms with Crippen molar-refractivity contribution in [1.29, 1.82) is 0 Å². The van der Waals surface area contributed by atoms with Crippen molar-refractivity contribution in [2.24, 2.45) is 0 Å². The molecule has 0 saturated heterocycles. The van der Waals surface area contributed by atoms with Crippen LogP contribution in [-0.4, -0.2) is 34.0 Å². The standard InChI is InChI=1S/C14H21NO3/c1-16-8-3-7-15-13-6-9-18-14-5-4-11(17-2)10-12(13)14/h4-5,10,13,15H,3,6-9H2,1-2H3. The van der Waals surface area contributed by atoms with E-state index in [1.165, 1.54) is 5.56 Å². The summed E-state index contributed by atoms with van der Waals surface area (Å²) >= 11 is 0. The summed E-state index contributed by atoms with van der Waals surface area (Å²) in [6, 6.07) is 6.33. The maximum absolute atomic E-state index is 5.66. The van der Waals surface area contributed by atoms with Crippen molar-refractivity contribution < 1.29 is 14.2 Å². The first-order valence-electron chi connectivity index (χ1n) is 6.38. The first kappa shape index (κ1) is 13.2. The smallest absolute Gasteiger partial charge is 0.124 e. The lowest BCUT2D eigenvalue weighted by molar-refractivity contribution is 0.190. The first-order chi connectivity index (χ1) is 8.85. The number of methoxy groups -OCH3 is 2. The van der Waals surface area contributed by atoms with Gasteiger partial charge in [0.1, 0.15) is 11.5 Å². The van der Waals surface area contributed by atoms with Crippen LogP contribution in [-0.2, 0) is 4.74 Å². The highest BCUT2D eigenvalue weighted by Crippen LogP contribution is 2.34. The van der Waals surface area contributed by atoms with Gasteiger partial charge >= 0.3 is 0 Å². The number of fused-ring (bicyclic) bond motifs is 1. The van der Waals surface area contributed by atoms with Crippen molar-refractivity contribution in [1.82, 2.24) is 5.32 Å². The zero-order valence-electron chi connectivity index (χ0n) is 11.1. The number of benzene rings is 1. The summed E-state index contributed by atoms with van der Waals surface area (Å²) in [7, 11) is 3.42. The molecule has 0 amide bonds. The monoisotopic (exact) mass is 251 g/mol. The molecule has 0 aromatic heterocycles. The molecule has 0 aliphatic carbocycles. The molecule has 1 aliphatic heterocycles. The topological polar surface area (TPSA) is 39.7 Å². The minimum absolute atomic E-state index is 0.348. The number of hydrogen-bond acceptors (Lipinski definition) is 4. The summed E-state index contributed by atoms with van der Waals surface area (Å²) in [6.45, 7) is 2.51. The van der Waals surface area contributed by atoms with Gasteiger partial charge in [0.15, 0.2) is 0 Å². The Labute approximate surface area is 108 Å². The predicted molar refractivity (Wildman–Crippen MR) is 70.3 cm³/mol. The fourth-order valence-electron chi connectivity index (χ4n) is 2.20. The van der Waals surface area contributed by atoms with Crippen LogP contribution in [0.1, 0.15) is 24.4 Å². The van der Waals surface area contributed by atoms with Crippen LogP contribution in [0.25, 0.3) is 0 Å². The maximum atomic E-state index is 5.66. The largest absolute Gasteiger partial charge is 0.497 e. The average Bonchev–Trinajstić information content (AvgIpc) is 2.43. The van der Waals surface area contributed by atoms with Crippen LogP contribution in [0.3, 0.4) is 0 Å². The van der Waals surface area contributed by atoms with Crippen molar-refractivity contribution in [3.8, 4) is 11.5 Å². The van der Waals surface area contributed by atoms with Crippen molar-refractivity contribution in [3.05, 3.63) is 23.8 Å². The van der Waals surface area contributed by atoms with Gasteiger partial charge in [0, 0.05) is 31.7 Å². The molecule has 4 heteroatoms. The third-order valence-corrected chi connectivity index (χ3v) is 3.17. The summed E-state index contributed by atoms with van der Waals surface area (Å²) in [5.41, 5.74) is 1.19. The van der Waals surface area contributed by atoms with Gasteiger partial charge in [-0.1, -0.05) is 0 Å². The molecule has 0 saturated carbocycles. The van der Waals surface area contributed by atoms with E-state index in [0.29, 0.717) is 6.04 Å². The molecule has 1 N–H and O–H groups in total. The van der Waals surface area contributed by atoms with E-state index in [0.717, 1.165) is 44.1 Å². The molecular formula is C14H21NO3. The number of hydrogen-bond donors (Lipinski definition) is 1. The highest BCUT2D eigenvalue weighted by atomic mass is 16.5. The van der Waals surface area contributed by atoms with E-state index < -0.39 is 0 Å². The third kappa shape index (κ3) is 3.15. The molecule has 1 aromatic rings. The molecule has 0 spiro atoms. The predicted octanol–water partition coefficient (Wildman–Crippen LogP) is 2.14. The van der Waals surface area contributed by atoms with Crippen LogP contribution in [0.5, 0.6) is 11.5 Å². The van der Waals surface area contributed by atoms with Gasteiger partial charge in [0.2, 0.25) is 0 Å². The molecule has 4 nitrogen and oxygen atoms in total. The average molecular weight is 251 g/mol. The van der Waals surface area contributed by atoms with Crippen molar-refractivity contribution in [3.63, 3.8) is 0 Å². The zero-order chi connectivity index (χ0) is 12.8. The molecule has 1 atom stereocenters. The van der Waals surface area contributed by atoms with E-state index in [-0.39, 0.29) is 0 Å². The lowest BCUT2D eigenvalue weighted by atomic mass is 10.00. The van der Waals surface area contributed by atoms with Crippen LogP contribution in [0.2, 0.25) is 0 Å². The highest BCUT2D eigenvalue weighted by Gasteiger charge is 2.21. The van der Waals surface area contributed by atoms with Crippen LogP contribution in [0.15, 0.2) is 18.2 Å². The Balaban J connectivity index is 2.01. The highest BCUT2D eigenvalue weighted by molar-refractivity contribution is 5.43. The van der Waals surface area contributed by atoms with Gasteiger partial charge in [-0.3, -0.25) is 0 Å². The molecule has 100 valence electrons. The molecule has 18 heavy (non-hydrogen) atoms. The van der Waals surface area contributed by atoms with Crippen LogP contribution < -0.4 is 14.8 Å². The van der Waals surface area contributed by atoms with Crippen LogP contribution in [0, 0.1) is 0 Å². The van der Waals surface area contributed by atoms with E-state index >= 15 is 0 Å². The van der Waals surface area contributed by atoms with Crippen LogP contribution >= 0.6 is 0 Å². The lowest BCUT2D eigenvalue weighted by Crippen LogP contribution is -2.28. The maximum Gasteiger partial charge on any atom is 0.124 e. The molecule has 1 aromatic carbocycles. The molecule has 1 heterocycles. The first-order valence-corrected chi connectivity index (χ1v) is 6.38. The van der Waals surface area contributed by atoms with E-state index in [2.05, 4.69) is 11.4 Å². The number of ether oxygens (including phenoxy) is 3. The summed E-state index contributed by atoms with van der Waals surface area (Å²) < 4.78 is 16.0. The van der Waals surface area contributed by atoms with E-state index in [4.69, 9.17) is 14.2 Å². The summed E-state index contributed by atoms with van der Waals surface area (Å²) in [6.07, 6.45) is 2.01. The fraction of sp³-hybridized carbons (Fsp3) is 0.571. The van der Waals surface area contributed by atoms with Crippen molar-refractivity contribution in [2.75, 3.05) is 34.0 Å². The van der Waals surface area contributed by atoms with Crippen LogP contribution in [0.4, 0.5) is 0 Å². The molecule has 2 rings (SSSR count). The summed E-state index contributed by atoms with van der Waals surface area (Å²) in [5.74, 6) is 1.84. The number of nitrogens with one attached hydrogen (secondary N) is 1. The second kappa shape index (κ2) is 6.61. The normalized spacial score (nSPS) is 18.0. The summed E-state index contributed by atoms with van der Waals surface area (Å²) in [4.78, 5) is 0. The minimum Gasteiger partial charge on any atom is -0.497 e. The second-order valence-electron chi connectivity index (χ2n) is 4.39. The van der Waals surface area contributed by atoms with Gasteiger partial charge < -0.3 is 19.5 Å². The second-order valence-corrected chi connectivity index (χ2v) is 4.39. The zero-order valence-corrected chi connectivity index (χ0v) is 11.1. The Morgan fingerprint density at radius 2 is 2.28 bits per heavy atom. The van der Waals surface area contributed by atoms with Gasteiger partial charge in [-0.05, 0) is 31.2 Å². The Kier molecular flexibility index (Phi) is 4.84. The van der Waals surface area contributed by atoms with E-state index in [1.807, 2.05) is 12.1 Å². The SMILES string of the molecule is COCCCNC1CCOc2ccc(OC)cc21.